The van der Waals surface area contributed by atoms with E-state index in [9.17, 15) is 9.59 Å². The molecule has 0 radical (unpaired) electrons. The topological polar surface area (TPSA) is 49.4 Å². The number of para-hydroxylation sites is 1. The van der Waals surface area contributed by atoms with Gasteiger partial charge in [0, 0.05) is 13.6 Å². The molecule has 0 spiro atoms. The Morgan fingerprint density at radius 2 is 1.77 bits per heavy atom. The highest BCUT2D eigenvalue weighted by molar-refractivity contribution is 6.40. The lowest BCUT2D eigenvalue weighted by Crippen LogP contribution is -2.46. The number of carbonyl (C=O) groups excluding carboxylic acids is 2. The van der Waals surface area contributed by atoms with Crippen molar-refractivity contribution in [3.8, 4) is 0 Å². The van der Waals surface area contributed by atoms with E-state index in [2.05, 4.69) is 12.2 Å². The monoisotopic (exact) mass is 344 g/mol. The molecule has 6 heteroatoms. The third-order valence-corrected chi connectivity index (χ3v) is 4.13. The van der Waals surface area contributed by atoms with Gasteiger partial charge in [0.05, 0.1) is 15.7 Å². The predicted molar refractivity (Wildman–Crippen MR) is 91.4 cm³/mol. The van der Waals surface area contributed by atoms with Crippen LogP contribution >= 0.6 is 23.2 Å². The van der Waals surface area contributed by atoms with Crippen LogP contribution in [-0.2, 0) is 9.59 Å². The van der Waals surface area contributed by atoms with E-state index in [1.807, 2.05) is 0 Å². The van der Waals surface area contributed by atoms with Crippen LogP contribution in [0.2, 0.25) is 10.0 Å². The number of benzene rings is 1. The van der Waals surface area contributed by atoms with Gasteiger partial charge in [0.2, 0.25) is 11.8 Å². The van der Waals surface area contributed by atoms with Crippen LogP contribution < -0.4 is 5.32 Å². The summed E-state index contributed by atoms with van der Waals surface area (Å²) >= 11 is 12.1. The van der Waals surface area contributed by atoms with Crippen molar-refractivity contribution in [3.63, 3.8) is 0 Å². The lowest BCUT2D eigenvalue weighted by Gasteiger charge is -2.28. The first-order valence-corrected chi connectivity index (χ1v) is 7.98. The average Bonchev–Trinajstić information content (AvgIpc) is 2.47. The van der Waals surface area contributed by atoms with E-state index < -0.39 is 11.3 Å². The molecule has 0 fully saturated rings. The van der Waals surface area contributed by atoms with Crippen molar-refractivity contribution in [1.29, 1.82) is 0 Å². The molecule has 0 atom stereocenters. The van der Waals surface area contributed by atoms with Gasteiger partial charge >= 0.3 is 0 Å². The molecular weight excluding hydrogens is 323 g/mol. The van der Waals surface area contributed by atoms with Crippen LogP contribution in [0.1, 0.15) is 33.6 Å². The van der Waals surface area contributed by atoms with E-state index in [1.54, 1.807) is 44.0 Å². The Hall–Kier alpha value is -1.26. The van der Waals surface area contributed by atoms with Crippen molar-refractivity contribution in [2.24, 2.45) is 5.41 Å². The highest BCUT2D eigenvalue weighted by atomic mass is 35.5. The molecule has 1 aromatic rings. The number of hydrogen-bond donors (Lipinski definition) is 1. The number of nitrogens with one attached hydrogen (secondary N) is 1. The standard InChI is InChI=1S/C16H22Cl2N2O2/c1-5-6-10-20(4)15(22)16(2,3)14(21)19-13-11(17)8-7-9-12(13)18/h7-9H,5-6,10H2,1-4H3,(H,19,21). The van der Waals surface area contributed by atoms with E-state index in [4.69, 9.17) is 23.2 Å². The van der Waals surface area contributed by atoms with E-state index in [0.29, 0.717) is 22.3 Å². The molecule has 0 unspecified atom stereocenters. The van der Waals surface area contributed by atoms with Crippen LogP contribution in [0.25, 0.3) is 0 Å². The van der Waals surface area contributed by atoms with Gasteiger partial charge in [-0.3, -0.25) is 9.59 Å². The van der Waals surface area contributed by atoms with E-state index in [1.165, 1.54) is 0 Å². The highest BCUT2D eigenvalue weighted by Crippen LogP contribution is 2.31. The smallest absolute Gasteiger partial charge is 0.239 e. The van der Waals surface area contributed by atoms with Crippen LogP contribution in [0.15, 0.2) is 18.2 Å². The molecule has 2 amide bonds. The Labute approximate surface area is 141 Å². The summed E-state index contributed by atoms with van der Waals surface area (Å²) in [5, 5.41) is 3.33. The molecule has 22 heavy (non-hydrogen) atoms. The fraction of sp³-hybridized carbons (Fsp3) is 0.500. The van der Waals surface area contributed by atoms with Crippen molar-refractivity contribution >= 4 is 40.7 Å². The second kappa shape index (κ2) is 7.84. The summed E-state index contributed by atoms with van der Waals surface area (Å²) in [5.74, 6) is -0.669. The van der Waals surface area contributed by atoms with Gasteiger partial charge in [0.25, 0.3) is 0 Å². The maximum atomic E-state index is 12.5. The predicted octanol–water partition coefficient (Wildman–Crippen LogP) is 4.22. The first kappa shape index (κ1) is 18.8. The Morgan fingerprint density at radius 1 is 1.23 bits per heavy atom. The van der Waals surface area contributed by atoms with Gasteiger partial charge in [-0.15, -0.1) is 0 Å². The average molecular weight is 345 g/mol. The lowest BCUT2D eigenvalue weighted by molar-refractivity contribution is -0.145. The fourth-order valence-corrected chi connectivity index (χ4v) is 2.45. The molecule has 122 valence electrons. The van der Waals surface area contributed by atoms with Gasteiger partial charge in [0.15, 0.2) is 0 Å². The summed E-state index contributed by atoms with van der Waals surface area (Å²) in [4.78, 5) is 26.5. The Kier molecular flexibility index (Phi) is 6.69. The minimum Gasteiger partial charge on any atom is -0.345 e. The van der Waals surface area contributed by atoms with Gasteiger partial charge in [0.1, 0.15) is 5.41 Å². The normalized spacial score (nSPS) is 11.2. The molecule has 0 aliphatic heterocycles. The SMILES string of the molecule is CCCCN(C)C(=O)C(C)(C)C(=O)Nc1c(Cl)cccc1Cl. The molecule has 0 bridgehead atoms. The fourth-order valence-electron chi connectivity index (χ4n) is 1.96. The Morgan fingerprint density at radius 3 is 2.27 bits per heavy atom. The van der Waals surface area contributed by atoms with Crippen molar-refractivity contribution in [3.05, 3.63) is 28.2 Å². The quantitative estimate of drug-likeness (QED) is 0.785. The zero-order valence-electron chi connectivity index (χ0n) is 13.4. The van der Waals surface area contributed by atoms with E-state index in [-0.39, 0.29) is 5.91 Å². The molecule has 0 aliphatic rings. The summed E-state index contributed by atoms with van der Waals surface area (Å²) in [5.41, 5.74) is -0.877. The van der Waals surface area contributed by atoms with Crippen LogP contribution in [0, 0.1) is 5.41 Å². The Bertz CT molecular complexity index is 539. The molecular formula is C16H22Cl2N2O2. The second-order valence-corrected chi connectivity index (χ2v) is 6.57. The van der Waals surface area contributed by atoms with Crippen molar-refractivity contribution in [2.45, 2.75) is 33.6 Å². The first-order chi connectivity index (χ1) is 10.2. The van der Waals surface area contributed by atoms with E-state index in [0.717, 1.165) is 12.8 Å². The number of hydrogen-bond acceptors (Lipinski definition) is 2. The maximum Gasteiger partial charge on any atom is 0.239 e. The number of nitrogens with zero attached hydrogens (tertiary/aromatic N) is 1. The number of carbonyl (C=O) groups is 2. The molecule has 4 nitrogen and oxygen atoms in total. The zero-order valence-corrected chi connectivity index (χ0v) is 14.9. The maximum absolute atomic E-state index is 12.5. The molecule has 0 heterocycles. The number of anilines is 1. The summed E-state index contributed by atoms with van der Waals surface area (Å²) in [6, 6.07) is 4.95. The van der Waals surface area contributed by atoms with Crippen LogP contribution in [0.4, 0.5) is 5.69 Å². The summed E-state index contributed by atoms with van der Waals surface area (Å²) in [6.07, 6.45) is 1.88. The van der Waals surface area contributed by atoms with Crippen molar-refractivity contribution in [2.75, 3.05) is 18.9 Å². The third kappa shape index (κ3) is 4.37. The molecule has 1 rings (SSSR count). The van der Waals surface area contributed by atoms with Gasteiger partial charge < -0.3 is 10.2 Å². The molecule has 0 aliphatic carbocycles. The molecule has 0 saturated heterocycles. The van der Waals surface area contributed by atoms with E-state index >= 15 is 0 Å². The number of halogens is 2. The molecule has 0 aromatic heterocycles. The molecule has 1 N–H and O–H groups in total. The van der Waals surface area contributed by atoms with Crippen LogP contribution in [-0.4, -0.2) is 30.3 Å². The lowest BCUT2D eigenvalue weighted by atomic mass is 9.90. The summed E-state index contributed by atoms with van der Waals surface area (Å²) in [6.45, 7) is 5.87. The first-order valence-electron chi connectivity index (χ1n) is 7.22. The minimum absolute atomic E-state index is 0.235. The number of rotatable bonds is 6. The second-order valence-electron chi connectivity index (χ2n) is 5.76. The Balaban J connectivity index is 2.88. The summed E-state index contributed by atoms with van der Waals surface area (Å²) in [7, 11) is 1.70. The van der Waals surface area contributed by atoms with Crippen LogP contribution in [0.5, 0.6) is 0 Å². The third-order valence-electron chi connectivity index (χ3n) is 3.50. The molecule has 1 aromatic carbocycles. The van der Waals surface area contributed by atoms with Gasteiger partial charge in [-0.25, -0.2) is 0 Å². The minimum atomic E-state index is -1.20. The number of amides is 2. The zero-order chi connectivity index (χ0) is 16.9. The molecule has 0 saturated carbocycles. The van der Waals surface area contributed by atoms with Crippen molar-refractivity contribution in [1.82, 2.24) is 4.90 Å². The number of unbranched alkanes of at least 4 members (excludes halogenated alkanes) is 1. The largest absolute Gasteiger partial charge is 0.345 e. The van der Waals surface area contributed by atoms with Gasteiger partial charge in [-0.1, -0.05) is 42.6 Å². The van der Waals surface area contributed by atoms with Gasteiger partial charge in [-0.2, -0.15) is 0 Å². The van der Waals surface area contributed by atoms with Crippen molar-refractivity contribution < 1.29 is 9.59 Å². The highest BCUT2D eigenvalue weighted by Gasteiger charge is 2.38. The van der Waals surface area contributed by atoms with Gasteiger partial charge in [-0.05, 0) is 32.4 Å². The summed E-state index contributed by atoms with van der Waals surface area (Å²) < 4.78 is 0. The van der Waals surface area contributed by atoms with Crippen LogP contribution in [0.3, 0.4) is 0 Å².